The predicted octanol–water partition coefficient (Wildman–Crippen LogP) is 6.98. The Morgan fingerprint density at radius 1 is 1.03 bits per heavy atom. The second kappa shape index (κ2) is 10.5. The molecule has 4 rings (SSSR count). The summed E-state index contributed by atoms with van der Waals surface area (Å²) in [5.41, 5.74) is 2.81. The van der Waals surface area contributed by atoms with E-state index in [-0.39, 0.29) is 16.7 Å². The molecule has 0 aliphatic carbocycles. The van der Waals surface area contributed by atoms with Gasteiger partial charge < -0.3 is 14.6 Å². The number of benzene rings is 3. The molecule has 0 saturated carbocycles. The first-order chi connectivity index (χ1) is 18.0. The molecule has 0 aromatic heterocycles. The summed E-state index contributed by atoms with van der Waals surface area (Å²) in [5, 5.41) is 12.1. The molecule has 3 aromatic rings. The second-order valence-corrected chi connectivity index (χ2v) is 10.6. The summed E-state index contributed by atoms with van der Waals surface area (Å²) in [6.45, 7) is 10.4. The third kappa shape index (κ3) is 4.88. The molecule has 38 heavy (non-hydrogen) atoms. The number of rotatable bonds is 6. The maximum absolute atomic E-state index is 13.6. The molecule has 3 aromatic carbocycles. The van der Waals surface area contributed by atoms with Crippen LogP contribution in [0.2, 0.25) is 5.02 Å². The fourth-order valence-electron chi connectivity index (χ4n) is 4.72. The van der Waals surface area contributed by atoms with Gasteiger partial charge in [-0.1, -0.05) is 56.6 Å². The standard InChI is InChI=1S/C31H32ClNO5/c1-7-38-25-15-13-19(16-22(25)31(3,4)5)28(34)26-27(21-10-8-9-11-24(21)37-6)33(30(36)29(26)35)20-14-12-18(2)23(32)17-20/h8-17,27,34H,7H2,1-6H3/b28-26+. The van der Waals surface area contributed by atoms with Crippen molar-refractivity contribution >= 4 is 34.7 Å². The molecular weight excluding hydrogens is 502 g/mol. The summed E-state index contributed by atoms with van der Waals surface area (Å²) in [5.74, 6) is -0.637. The normalized spacial score (nSPS) is 17.1. The zero-order chi connectivity index (χ0) is 27.8. The van der Waals surface area contributed by atoms with Crippen LogP contribution in [0, 0.1) is 6.92 Å². The van der Waals surface area contributed by atoms with Crippen LogP contribution in [0.15, 0.2) is 66.2 Å². The van der Waals surface area contributed by atoms with Gasteiger partial charge in [-0.2, -0.15) is 0 Å². The van der Waals surface area contributed by atoms with E-state index in [1.54, 1.807) is 54.6 Å². The molecule has 1 unspecified atom stereocenters. The van der Waals surface area contributed by atoms with Gasteiger partial charge in [-0.3, -0.25) is 14.5 Å². The van der Waals surface area contributed by atoms with E-state index in [0.717, 1.165) is 11.1 Å². The summed E-state index contributed by atoms with van der Waals surface area (Å²) >= 11 is 6.40. The molecule has 1 fully saturated rings. The number of aliphatic hydroxyl groups is 1. The molecule has 1 atom stereocenters. The van der Waals surface area contributed by atoms with Crippen LogP contribution in [-0.2, 0) is 15.0 Å². The minimum absolute atomic E-state index is 0.0276. The van der Waals surface area contributed by atoms with Gasteiger partial charge in [-0.05, 0) is 61.2 Å². The fraction of sp³-hybridized carbons (Fsp3) is 0.290. The number of ether oxygens (including phenoxy) is 2. The number of nitrogens with zero attached hydrogens (tertiary/aromatic N) is 1. The van der Waals surface area contributed by atoms with Crippen molar-refractivity contribution in [1.82, 2.24) is 0 Å². The smallest absolute Gasteiger partial charge is 0.300 e. The zero-order valence-electron chi connectivity index (χ0n) is 22.5. The Morgan fingerprint density at radius 2 is 1.74 bits per heavy atom. The van der Waals surface area contributed by atoms with Gasteiger partial charge in [0.1, 0.15) is 17.3 Å². The van der Waals surface area contributed by atoms with Crippen LogP contribution < -0.4 is 14.4 Å². The van der Waals surface area contributed by atoms with Crippen LogP contribution in [0.5, 0.6) is 11.5 Å². The first-order valence-corrected chi connectivity index (χ1v) is 12.8. The lowest BCUT2D eigenvalue weighted by Crippen LogP contribution is -2.29. The van der Waals surface area contributed by atoms with E-state index in [2.05, 4.69) is 0 Å². The Kier molecular flexibility index (Phi) is 7.56. The van der Waals surface area contributed by atoms with E-state index < -0.39 is 17.7 Å². The number of hydrogen-bond donors (Lipinski definition) is 1. The van der Waals surface area contributed by atoms with Crippen LogP contribution in [0.1, 0.15) is 56.0 Å². The van der Waals surface area contributed by atoms with Crippen LogP contribution in [0.25, 0.3) is 5.76 Å². The Labute approximate surface area is 228 Å². The van der Waals surface area contributed by atoms with Crippen LogP contribution in [0.3, 0.4) is 0 Å². The van der Waals surface area contributed by atoms with Crippen LogP contribution >= 0.6 is 11.6 Å². The number of anilines is 1. The number of ketones is 1. The number of carbonyl (C=O) groups is 2. The highest BCUT2D eigenvalue weighted by molar-refractivity contribution is 6.52. The van der Waals surface area contributed by atoms with Crippen molar-refractivity contribution in [3.05, 3.63) is 93.5 Å². The van der Waals surface area contributed by atoms with E-state index in [4.69, 9.17) is 21.1 Å². The molecule has 0 spiro atoms. The van der Waals surface area contributed by atoms with E-state index in [0.29, 0.717) is 39.9 Å². The summed E-state index contributed by atoms with van der Waals surface area (Å²) in [6, 6.07) is 16.7. The monoisotopic (exact) mass is 533 g/mol. The maximum Gasteiger partial charge on any atom is 0.300 e. The molecule has 1 N–H and O–H groups in total. The SMILES string of the molecule is CCOc1ccc(/C(O)=C2\C(=O)C(=O)N(c3ccc(C)c(Cl)c3)C2c2ccccc2OC)cc1C(C)(C)C. The number of hydrogen-bond acceptors (Lipinski definition) is 5. The highest BCUT2D eigenvalue weighted by atomic mass is 35.5. The van der Waals surface area contributed by atoms with Crippen molar-refractivity contribution in [1.29, 1.82) is 0 Å². The van der Waals surface area contributed by atoms with Gasteiger partial charge in [0.15, 0.2) is 0 Å². The van der Waals surface area contributed by atoms with Gasteiger partial charge >= 0.3 is 0 Å². The van der Waals surface area contributed by atoms with Gasteiger partial charge in [0, 0.05) is 27.4 Å². The van der Waals surface area contributed by atoms with Crippen molar-refractivity contribution in [2.75, 3.05) is 18.6 Å². The zero-order valence-corrected chi connectivity index (χ0v) is 23.2. The lowest BCUT2D eigenvalue weighted by molar-refractivity contribution is -0.132. The first-order valence-electron chi connectivity index (χ1n) is 12.5. The molecule has 198 valence electrons. The maximum atomic E-state index is 13.6. The Balaban J connectivity index is 1.99. The van der Waals surface area contributed by atoms with Crippen molar-refractivity contribution in [3.8, 4) is 11.5 Å². The highest BCUT2D eigenvalue weighted by Crippen LogP contribution is 2.46. The molecule has 1 heterocycles. The minimum atomic E-state index is -0.936. The number of carbonyl (C=O) groups excluding carboxylic acids is 2. The first kappa shape index (κ1) is 27.3. The molecule has 1 aliphatic heterocycles. The number of halogens is 1. The summed E-state index contributed by atoms with van der Waals surface area (Å²) < 4.78 is 11.4. The second-order valence-electron chi connectivity index (χ2n) is 10.2. The number of aliphatic hydroxyl groups excluding tert-OH is 1. The number of amides is 1. The molecule has 6 nitrogen and oxygen atoms in total. The van der Waals surface area contributed by atoms with E-state index >= 15 is 0 Å². The number of Topliss-reactive ketones (excluding diaryl/α,β-unsaturated/α-hetero) is 1. The highest BCUT2D eigenvalue weighted by Gasteiger charge is 2.48. The molecule has 0 bridgehead atoms. The molecule has 1 aliphatic rings. The van der Waals surface area contributed by atoms with Crippen molar-refractivity contribution < 1.29 is 24.2 Å². The summed E-state index contributed by atoms with van der Waals surface area (Å²) in [7, 11) is 1.52. The molecular formula is C31H32ClNO5. The predicted molar refractivity (Wildman–Crippen MR) is 150 cm³/mol. The Hall–Kier alpha value is -3.77. The van der Waals surface area contributed by atoms with E-state index in [1.165, 1.54) is 12.0 Å². The molecule has 1 amide bonds. The van der Waals surface area contributed by atoms with Gasteiger partial charge in [0.25, 0.3) is 11.7 Å². The molecule has 0 radical (unpaired) electrons. The third-order valence-electron chi connectivity index (χ3n) is 6.67. The molecule has 7 heteroatoms. The summed E-state index contributed by atoms with van der Waals surface area (Å²) in [6.07, 6.45) is 0. The number of methoxy groups -OCH3 is 1. The van der Waals surface area contributed by atoms with Gasteiger partial charge in [0.2, 0.25) is 0 Å². The van der Waals surface area contributed by atoms with Crippen LogP contribution in [0.4, 0.5) is 5.69 Å². The van der Waals surface area contributed by atoms with Crippen molar-refractivity contribution in [2.45, 2.75) is 46.1 Å². The van der Waals surface area contributed by atoms with Gasteiger partial charge in [-0.15, -0.1) is 0 Å². The van der Waals surface area contributed by atoms with Crippen molar-refractivity contribution in [2.24, 2.45) is 0 Å². The molecule has 1 saturated heterocycles. The van der Waals surface area contributed by atoms with Gasteiger partial charge in [-0.25, -0.2) is 0 Å². The third-order valence-corrected chi connectivity index (χ3v) is 7.08. The number of para-hydroxylation sites is 1. The quantitative estimate of drug-likeness (QED) is 0.210. The van der Waals surface area contributed by atoms with Gasteiger partial charge in [0.05, 0.1) is 25.3 Å². The largest absolute Gasteiger partial charge is 0.507 e. The van der Waals surface area contributed by atoms with Crippen LogP contribution in [-0.4, -0.2) is 30.5 Å². The average Bonchev–Trinajstić information content (AvgIpc) is 3.15. The number of aryl methyl sites for hydroxylation is 1. The lowest BCUT2D eigenvalue weighted by atomic mass is 9.84. The Morgan fingerprint density at radius 3 is 2.37 bits per heavy atom. The average molecular weight is 534 g/mol. The fourth-order valence-corrected chi connectivity index (χ4v) is 4.89. The van der Waals surface area contributed by atoms with Crippen molar-refractivity contribution in [3.63, 3.8) is 0 Å². The Bertz CT molecular complexity index is 1440. The topological polar surface area (TPSA) is 76.1 Å². The lowest BCUT2D eigenvalue weighted by Gasteiger charge is -2.27. The van der Waals surface area contributed by atoms with E-state index in [9.17, 15) is 14.7 Å². The minimum Gasteiger partial charge on any atom is -0.507 e. The van der Waals surface area contributed by atoms with E-state index in [1.807, 2.05) is 40.7 Å². The summed E-state index contributed by atoms with van der Waals surface area (Å²) in [4.78, 5) is 28.5.